The van der Waals surface area contributed by atoms with Crippen LogP contribution >= 0.6 is 0 Å². The van der Waals surface area contributed by atoms with Crippen LogP contribution in [-0.4, -0.2) is 23.9 Å². The highest BCUT2D eigenvalue weighted by Crippen LogP contribution is 2.23. The summed E-state index contributed by atoms with van der Waals surface area (Å²) in [4.78, 5) is 14.6. The van der Waals surface area contributed by atoms with E-state index in [0.29, 0.717) is 12.3 Å². The first-order valence-corrected chi connectivity index (χ1v) is 8.55. The van der Waals surface area contributed by atoms with Crippen molar-refractivity contribution in [1.29, 1.82) is 5.26 Å². The van der Waals surface area contributed by atoms with Gasteiger partial charge in [0.2, 0.25) is 0 Å². The second-order valence-corrected chi connectivity index (χ2v) is 6.46. The minimum Gasteiger partial charge on any atom is -0.339 e. The average Bonchev–Trinajstić information content (AvgIpc) is 2.64. The van der Waals surface area contributed by atoms with Crippen LogP contribution in [0.2, 0.25) is 0 Å². The lowest BCUT2D eigenvalue weighted by molar-refractivity contribution is 0.0690. The standard InChI is InChI=1S/C21H22N2O/c22-13-10-17-6-8-20(9-7-17)21(24)23-14-11-19(12-15-23)16-18-4-2-1-3-5-18/h1-9,19H,10-12,14-16H2. The number of hydrogen-bond donors (Lipinski definition) is 0. The Hall–Kier alpha value is -2.60. The topological polar surface area (TPSA) is 44.1 Å². The fraction of sp³-hybridized carbons (Fsp3) is 0.333. The van der Waals surface area contributed by atoms with Gasteiger partial charge < -0.3 is 4.90 Å². The van der Waals surface area contributed by atoms with Crippen molar-refractivity contribution in [2.45, 2.75) is 25.7 Å². The molecular weight excluding hydrogens is 296 g/mol. The van der Waals surface area contributed by atoms with E-state index < -0.39 is 0 Å². The summed E-state index contributed by atoms with van der Waals surface area (Å²) in [6.07, 6.45) is 3.62. The molecule has 3 nitrogen and oxygen atoms in total. The highest BCUT2D eigenvalue weighted by atomic mass is 16.2. The van der Waals surface area contributed by atoms with Crippen molar-refractivity contribution in [2.24, 2.45) is 5.92 Å². The van der Waals surface area contributed by atoms with Gasteiger partial charge in [-0.1, -0.05) is 42.5 Å². The Labute approximate surface area is 143 Å². The number of carbonyl (C=O) groups excluding carboxylic acids is 1. The summed E-state index contributed by atoms with van der Waals surface area (Å²) in [6.45, 7) is 1.66. The molecule has 1 saturated heterocycles. The first-order valence-electron chi connectivity index (χ1n) is 8.55. The molecular formula is C21H22N2O. The Morgan fingerprint density at radius 3 is 2.29 bits per heavy atom. The van der Waals surface area contributed by atoms with Crippen LogP contribution in [0.25, 0.3) is 0 Å². The second-order valence-electron chi connectivity index (χ2n) is 6.46. The molecule has 0 unspecified atom stereocenters. The molecule has 1 fully saturated rings. The number of likely N-dealkylation sites (tertiary alicyclic amines) is 1. The van der Waals surface area contributed by atoms with Crippen LogP contribution in [0.5, 0.6) is 0 Å². The van der Waals surface area contributed by atoms with Crippen molar-refractivity contribution >= 4 is 5.91 Å². The summed E-state index contributed by atoms with van der Waals surface area (Å²) in [6, 6.07) is 20.1. The molecule has 0 N–H and O–H groups in total. The van der Waals surface area contributed by atoms with Gasteiger partial charge in [0.1, 0.15) is 0 Å². The van der Waals surface area contributed by atoms with Crippen molar-refractivity contribution in [2.75, 3.05) is 13.1 Å². The third kappa shape index (κ3) is 4.02. The number of rotatable bonds is 4. The minimum atomic E-state index is 0.108. The molecule has 122 valence electrons. The Morgan fingerprint density at radius 1 is 1.00 bits per heavy atom. The summed E-state index contributed by atoms with van der Waals surface area (Å²) in [5.74, 6) is 0.770. The summed E-state index contributed by atoms with van der Waals surface area (Å²) >= 11 is 0. The molecule has 2 aromatic rings. The fourth-order valence-electron chi connectivity index (χ4n) is 3.33. The van der Waals surface area contributed by atoms with Gasteiger partial charge in [0, 0.05) is 18.7 Å². The molecule has 0 saturated carbocycles. The Morgan fingerprint density at radius 2 is 1.67 bits per heavy atom. The molecule has 1 aliphatic heterocycles. The third-order valence-electron chi connectivity index (χ3n) is 4.75. The summed E-state index contributed by atoms with van der Waals surface area (Å²) in [5, 5.41) is 8.71. The second kappa shape index (κ2) is 7.79. The molecule has 0 atom stereocenters. The molecule has 3 heteroatoms. The van der Waals surface area contributed by atoms with Crippen molar-refractivity contribution in [3.05, 3.63) is 71.3 Å². The largest absolute Gasteiger partial charge is 0.339 e. The van der Waals surface area contributed by atoms with E-state index in [1.54, 1.807) is 0 Å². The highest BCUT2D eigenvalue weighted by Gasteiger charge is 2.23. The van der Waals surface area contributed by atoms with Gasteiger partial charge in [0.25, 0.3) is 5.91 Å². The number of amides is 1. The normalized spacial score (nSPS) is 15.0. The van der Waals surface area contributed by atoms with Crippen LogP contribution in [0.15, 0.2) is 54.6 Å². The highest BCUT2D eigenvalue weighted by molar-refractivity contribution is 5.94. The van der Waals surface area contributed by atoms with E-state index in [4.69, 9.17) is 5.26 Å². The Balaban J connectivity index is 1.54. The van der Waals surface area contributed by atoms with Crippen LogP contribution in [0.4, 0.5) is 0 Å². The molecule has 1 heterocycles. The number of nitriles is 1. The third-order valence-corrected chi connectivity index (χ3v) is 4.75. The zero-order valence-electron chi connectivity index (χ0n) is 13.8. The molecule has 0 bridgehead atoms. The van der Waals surface area contributed by atoms with Crippen LogP contribution < -0.4 is 0 Å². The van der Waals surface area contributed by atoms with Gasteiger partial charge in [0.05, 0.1) is 12.5 Å². The van der Waals surface area contributed by atoms with Crippen LogP contribution in [-0.2, 0) is 12.8 Å². The van der Waals surface area contributed by atoms with E-state index in [0.717, 1.165) is 43.5 Å². The predicted octanol–water partition coefficient (Wildman–Crippen LogP) is 3.85. The van der Waals surface area contributed by atoms with E-state index in [2.05, 4.69) is 30.3 Å². The van der Waals surface area contributed by atoms with E-state index in [-0.39, 0.29) is 5.91 Å². The molecule has 1 amide bonds. The summed E-state index contributed by atoms with van der Waals surface area (Å²) in [5.41, 5.74) is 3.06. The molecule has 0 aliphatic carbocycles. The predicted molar refractivity (Wildman–Crippen MR) is 94.5 cm³/mol. The zero-order valence-corrected chi connectivity index (χ0v) is 13.8. The molecule has 3 rings (SSSR count). The van der Waals surface area contributed by atoms with Crippen LogP contribution in [0.1, 0.15) is 34.3 Å². The van der Waals surface area contributed by atoms with Gasteiger partial charge in [-0.2, -0.15) is 5.26 Å². The molecule has 0 spiro atoms. The van der Waals surface area contributed by atoms with Gasteiger partial charge in [-0.05, 0) is 48.4 Å². The Kier molecular flexibility index (Phi) is 5.28. The quantitative estimate of drug-likeness (QED) is 0.859. The van der Waals surface area contributed by atoms with Crippen molar-refractivity contribution in [3.8, 4) is 6.07 Å². The van der Waals surface area contributed by atoms with Gasteiger partial charge >= 0.3 is 0 Å². The lowest BCUT2D eigenvalue weighted by atomic mass is 9.90. The smallest absolute Gasteiger partial charge is 0.253 e. The maximum Gasteiger partial charge on any atom is 0.253 e. The van der Waals surface area contributed by atoms with E-state index >= 15 is 0 Å². The van der Waals surface area contributed by atoms with Crippen molar-refractivity contribution < 1.29 is 4.79 Å². The molecule has 2 aromatic carbocycles. The first-order chi connectivity index (χ1) is 11.8. The average molecular weight is 318 g/mol. The first kappa shape index (κ1) is 16.3. The molecule has 24 heavy (non-hydrogen) atoms. The van der Waals surface area contributed by atoms with Gasteiger partial charge in [-0.25, -0.2) is 0 Å². The van der Waals surface area contributed by atoms with Crippen molar-refractivity contribution in [3.63, 3.8) is 0 Å². The van der Waals surface area contributed by atoms with E-state index in [1.807, 2.05) is 35.2 Å². The fourth-order valence-corrected chi connectivity index (χ4v) is 3.33. The number of benzene rings is 2. The lowest BCUT2D eigenvalue weighted by Gasteiger charge is -2.32. The molecule has 0 radical (unpaired) electrons. The maximum atomic E-state index is 12.6. The summed E-state index contributed by atoms with van der Waals surface area (Å²) < 4.78 is 0. The van der Waals surface area contributed by atoms with E-state index in [9.17, 15) is 4.79 Å². The molecule has 0 aromatic heterocycles. The zero-order chi connectivity index (χ0) is 16.8. The van der Waals surface area contributed by atoms with E-state index in [1.165, 1.54) is 5.56 Å². The maximum absolute atomic E-state index is 12.6. The van der Waals surface area contributed by atoms with Gasteiger partial charge in [-0.15, -0.1) is 0 Å². The van der Waals surface area contributed by atoms with Gasteiger partial charge in [0.15, 0.2) is 0 Å². The number of piperidine rings is 1. The van der Waals surface area contributed by atoms with Crippen LogP contribution in [0.3, 0.4) is 0 Å². The monoisotopic (exact) mass is 318 g/mol. The molecule has 1 aliphatic rings. The number of hydrogen-bond acceptors (Lipinski definition) is 2. The van der Waals surface area contributed by atoms with Gasteiger partial charge in [-0.3, -0.25) is 4.79 Å². The number of nitrogens with zero attached hydrogens (tertiary/aromatic N) is 2. The summed E-state index contributed by atoms with van der Waals surface area (Å²) in [7, 11) is 0. The lowest BCUT2D eigenvalue weighted by Crippen LogP contribution is -2.38. The Bertz CT molecular complexity index is 708. The number of carbonyl (C=O) groups is 1. The van der Waals surface area contributed by atoms with Crippen LogP contribution in [0, 0.1) is 17.2 Å². The minimum absolute atomic E-state index is 0.108. The SMILES string of the molecule is N#CCc1ccc(C(=O)N2CCC(Cc3ccccc3)CC2)cc1. The van der Waals surface area contributed by atoms with Crippen molar-refractivity contribution in [1.82, 2.24) is 4.90 Å².